The van der Waals surface area contributed by atoms with Crippen LogP contribution in [0.5, 0.6) is 0 Å². The van der Waals surface area contributed by atoms with Crippen molar-refractivity contribution < 1.29 is 9.53 Å². The van der Waals surface area contributed by atoms with Crippen LogP contribution in [0.25, 0.3) is 0 Å². The third-order valence-corrected chi connectivity index (χ3v) is 3.06. The largest absolute Gasteiger partial charge is 0.461 e. The lowest BCUT2D eigenvalue weighted by molar-refractivity contribution is -0.139. The molecule has 1 aromatic rings. The molecule has 4 nitrogen and oxygen atoms in total. The van der Waals surface area contributed by atoms with Gasteiger partial charge in [0.15, 0.2) is 5.57 Å². The van der Waals surface area contributed by atoms with Crippen molar-refractivity contribution in [1.82, 2.24) is 4.90 Å². The van der Waals surface area contributed by atoms with E-state index in [1.54, 1.807) is 6.92 Å². The topological polar surface area (TPSA) is 53.3 Å². The van der Waals surface area contributed by atoms with E-state index in [9.17, 15) is 10.1 Å². The highest BCUT2D eigenvalue weighted by Crippen LogP contribution is 2.13. The van der Waals surface area contributed by atoms with Crippen LogP contribution in [0, 0.1) is 17.2 Å². The SMILES string of the molecule is C/C(=C(/C#N)C(=O)OCC(C)C)N(C)Cc1ccccc1. The van der Waals surface area contributed by atoms with Crippen molar-refractivity contribution in [2.24, 2.45) is 5.92 Å². The molecule has 0 aliphatic heterocycles. The summed E-state index contributed by atoms with van der Waals surface area (Å²) in [6, 6.07) is 11.8. The Morgan fingerprint density at radius 1 is 1.33 bits per heavy atom. The Morgan fingerprint density at radius 3 is 2.48 bits per heavy atom. The van der Waals surface area contributed by atoms with Gasteiger partial charge in [-0.25, -0.2) is 4.79 Å². The van der Waals surface area contributed by atoms with Crippen molar-refractivity contribution in [1.29, 1.82) is 5.26 Å². The Labute approximate surface area is 126 Å². The maximum Gasteiger partial charge on any atom is 0.350 e. The van der Waals surface area contributed by atoms with Gasteiger partial charge < -0.3 is 9.64 Å². The highest BCUT2D eigenvalue weighted by atomic mass is 16.5. The summed E-state index contributed by atoms with van der Waals surface area (Å²) < 4.78 is 5.13. The summed E-state index contributed by atoms with van der Waals surface area (Å²) in [4.78, 5) is 13.8. The Bertz CT molecular complexity index is 542. The molecule has 0 radical (unpaired) electrons. The van der Waals surface area contributed by atoms with Gasteiger partial charge in [0.1, 0.15) is 6.07 Å². The van der Waals surface area contributed by atoms with Gasteiger partial charge in [-0.15, -0.1) is 0 Å². The third kappa shape index (κ3) is 5.31. The van der Waals surface area contributed by atoms with Crippen molar-refractivity contribution in [3.63, 3.8) is 0 Å². The van der Waals surface area contributed by atoms with E-state index < -0.39 is 5.97 Å². The summed E-state index contributed by atoms with van der Waals surface area (Å²) in [5, 5.41) is 9.21. The Hall–Kier alpha value is -2.28. The molecule has 0 atom stereocenters. The van der Waals surface area contributed by atoms with Crippen LogP contribution < -0.4 is 0 Å². The number of hydrogen-bond donors (Lipinski definition) is 0. The van der Waals surface area contributed by atoms with Gasteiger partial charge in [0.2, 0.25) is 0 Å². The molecule has 0 aliphatic carbocycles. The molecule has 0 aromatic heterocycles. The zero-order valence-corrected chi connectivity index (χ0v) is 13.1. The zero-order chi connectivity index (χ0) is 15.8. The average molecular weight is 286 g/mol. The fraction of sp³-hybridized carbons (Fsp3) is 0.412. The molecule has 0 unspecified atom stereocenters. The summed E-state index contributed by atoms with van der Waals surface area (Å²) in [5.41, 5.74) is 1.80. The molecule has 112 valence electrons. The molecule has 0 aliphatic rings. The van der Waals surface area contributed by atoms with Gasteiger partial charge in [-0.3, -0.25) is 0 Å². The number of rotatable bonds is 6. The first-order valence-corrected chi connectivity index (χ1v) is 6.98. The Morgan fingerprint density at radius 2 is 1.95 bits per heavy atom. The number of benzene rings is 1. The van der Waals surface area contributed by atoms with Crippen molar-refractivity contribution in [3.8, 4) is 6.07 Å². The molecule has 0 bridgehead atoms. The number of carbonyl (C=O) groups is 1. The van der Waals surface area contributed by atoms with Gasteiger partial charge in [-0.2, -0.15) is 5.26 Å². The van der Waals surface area contributed by atoms with Crippen LogP contribution in [-0.4, -0.2) is 24.5 Å². The van der Waals surface area contributed by atoms with Crippen LogP contribution >= 0.6 is 0 Å². The summed E-state index contributed by atoms with van der Waals surface area (Å²) in [6.45, 7) is 6.63. The van der Waals surface area contributed by atoms with Crippen LogP contribution in [0.3, 0.4) is 0 Å². The molecule has 21 heavy (non-hydrogen) atoms. The fourth-order valence-corrected chi connectivity index (χ4v) is 1.76. The van der Waals surface area contributed by atoms with Gasteiger partial charge in [0.25, 0.3) is 0 Å². The van der Waals surface area contributed by atoms with E-state index >= 15 is 0 Å². The quantitative estimate of drug-likeness (QED) is 0.458. The van der Waals surface area contributed by atoms with Crippen LogP contribution in [0.4, 0.5) is 0 Å². The number of ether oxygens (including phenoxy) is 1. The van der Waals surface area contributed by atoms with E-state index in [2.05, 4.69) is 0 Å². The molecule has 0 saturated heterocycles. The predicted molar refractivity (Wildman–Crippen MR) is 82.0 cm³/mol. The van der Waals surface area contributed by atoms with E-state index in [1.165, 1.54) is 0 Å². The highest BCUT2D eigenvalue weighted by molar-refractivity contribution is 5.93. The summed E-state index contributed by atoms with van der Waals surface area (Å²) in [7, 11) is 1.86. The first kappa shape index (κ1) is 16.8. The second kappa shape index (κ2) is 8.11. The monoisotopic (exact) mass is 286 g/mol. The maximum atomic E-state index is 11.9. The van der Waals surface area contributed by atoms with E-state index in [1.807, 2.05) is 62.2 Å². The first-order valence-electron chi connectivity index (χ1n) is 6.98. The molecule has 0 heterocycles. The second-order valence-corrected chi connectivity index (χ2v) is 5.41. The number of carbonyl (C=O) groups excluding carboxylic acids is 1. The molecule has 4 heteroatoms. The summed E-state index contributed by atoms with van der Waals surface area (Å²) in [6.07, 6.45) is 0. The van der Waals surface area contributed by atoms with Crippen LogP contribution in [-0.2, 0) is 16.1 Å². The Kier molecular flexibility index (Phi) is 6.48. The molecule has 1 rings (SSSR count). The van der Waals surface area contributed by atoms with Gasteiger partial charge >= 0.3 is 5.97 Å². The van der Waals surface area contributed by atoms with Crippen molar-refractivity contribution in [2.75, 3.05) is 13.7 Å². The van der Waals surface area contributed by atoms with Crippen molar-refractivity contribution >= 4 is 5.97 Å². The van der Waals surface area contributed by atoms with Gasteiger partial charge in [0.05, 0.1) is 6.61 Å². The fourth-order valence-electron chi connectivity index (χ4n) is 1.76. The normalized spacial score (nSPS) is 11.6. The minimum atomic E-state index is -0.552. The zero-order valence-electron chi connectivity index (χ0n) is 13.1. The molecular weight excluding hydrogens is 264 g/mol. The number of allylic oxidation sites excluding steroid dienone is 1. The lowest BCUT2D eigenvalue weighted by atomic mass is 10.1. The van der Waals surface area contributed by atoms with Gasteiger partial charge in [0, 0.05) is 19.3 Å². The first-order chi connectivity index (χ1) is 9.95. The minimum Gasteiger partial charge on any atom is -0.461 e. The minimum absolute atomic E-state index is 0.0640. The summed E-state index contributed by atoms with van der Waals surface area (Å²) in [5.74, 6) is -0.306. The van der Waals surface area contributed by atoms with Crippen LogP contribution in [0.15, 0.2) is 41.6 Å². The number of nitrogens with zero attached hydrogens (tertiary/aromatic N) is 2. The highest BCUT2D eigenvalue weighted by Gasteiger charge is 2.17. The van der Waals surface area contributed by atoms with Crippen LogP contribution in [0.1, 0.15) is 26.3 Å². The molecule has 0 saturated carbocycles. The number of nitriles is 1. The lowest BCUT2D eigenvalue weighted by Gasteiger charge is -2.21. The average Bonchev–Trinajstić information content (AvgIpc) is 2.46. The van der Waals surface area contributed by atoms with E-state index in [4.69, 9.17) is 4.74 Å². The lowest BCUT2D eigenvalue weighted by Crippen LogP contribution is -2.21. The molecule has 0 spiro atoms. The third-order valence-electron chi connectivity index (χ3n) is 3.06. The van der Waals surface area contributed by atoms with Crippen LogP contribution in [0.2, 0.25) is 0 Å². The standard InChI is InChI=1S/C17H22N2O2/c1-13(2)12-21-17(20)16(10-18)14(3)19(4)11-15-8-6-5-7-9-15/h5-9,13H,11-12H2,1-4H3/b16-14+. The van der Waals surface area contributed by atoms with Crippen molar-refractivity contribution in [2.45, 2.75) is 27.3 Å². The molecule has 0 amide bonds. The predicted octanol–water partition coefficient (Wildman–Crippen LogP) is 3.12. The Balaban J connectivity index is 2.81. The molecule has 1 aromatic carbocycles. The van der Waals surface area contributed by atoms with Crippen molar-refractivity contribution in [3.05, 3.63) is 47.2 Å². The van der Waals surface area contributed by atoms with E-state index in [-0.39, 0.29) is 11.5 Å². The second-order valence-electron chi connectivity index (χ2n) is 5.41. The smallest absolute Gasteiger partial charge is 0.350 e. The van der Waals surface area contributed by atoms with E-state index in [0.717, 1.165) is 5.56 Å². The van der Waals surface area contributed by atoms with Gasteiger partial charge in [-0.05, 0) is 18.4 Å². The molecule has 0 N–H and O–H groups in total. The number of hydrogen-bond acceptors (Lipinski definition) is 4. The van der Waals surface area contributed by atoms with E-state index in [0.29, 0.717) is 18.8 Å². The number of esters is 1. The molecule has 0 fully saturated rings. The summed E-state index contributed by atoms with van der Waals surface area (Å²) >= 11 is 0. The van der Waals surface area contributed by atoms with Gasteiger partial charge in [-0.1, -0.05) is 44.2 Å². The maximum absolute atomic E-state index is 11.9. The molecular formula is C17H22N2O2.